The topological polar surface area (TPSA) is 37.4 Å². The van der Waals surface area contributed by atoms with Crippen molar-refractivity contribution in [3.05, 3.63) is 66.3 Å². The first-order chi connectivity index (χ1) is 10.4. The molecule has 1 aliphatic rings. The predicted molar refractivity (Wildman–Crippen MR) is 91.2 cm³/mol. The summed E-state index contributed by atoms with van der Waals surface area (Å²) in [7, 11) is -3.50. The van der Waals surface area contributed by atoms with Crippen molar-refractivity contribution in [2.24, 2.45) is 0 Å². The molecule has 3 nitrogen and oxygen atoms in total. The maximum Gasteiger partial charge on any atom is 0.243 e. The van der Waals surface area contributed by atoms with Crippen LogP contribution in [0.4, 0.5) is 0 Å². The van der Waals surface area contributed by atoms with Crippen LogP contribution in [0.3, 0.4) is 0 Å². The van der Waals surface area contributed by atoms with Gasteiger partial charge in [-0.2, -0.15) is 4.31 Å². The van der Waals surface area contributed by atoms with Crippen LogP contribution in [0.15, 0.2) is 65.6 Å². The molecule has 118 valence electrons. The second-order valence-corrected chi connectivity index (χ2v) is 7.66. The highest BCUT2D eigenvalue weighted by molar-refractivity contribution is 7.89. The zero-order chi connectivity index (χ0) is 16.3. The summed E-state index contributed by atoms with van der Waals surface area (Å²) in [6, 6.07) is 6.88. The summed E-state index contributed by atoms with van der Waals surface area (Å²) >= 11 is 0. The van der Waals surface area contributed by atoms with Crippen LogP contribution in [0.1, 0.15) is 25.3 Å². The van der Waals surface area contributed by atoms with Gasteiger partial charge in [-0.15, -0.1) is 6.58 Å². The predicted octanol–water partition coefficient (Wildman–Crippen LogP) is 3.84. The highest BCUT2D eigenvalue weighted by atomic mass is 32.2. The largest absolute Gasteiger partial charge is 0.243 e. The van der Waals surface area contributed by atoms with Gasteiger partial charge >= 0.3 is 0 Å². The highest BCUT2D eigenvalue weighted by Gasteiger charge is 2.34. The number of rotatable bonds is 6. The van der Waals surface area contributed by atoms with Crippen molar-refractivity contribution in [2.75, 3.05) is 6.54 Å². The van der Waals surface area contributed by atoms with Crippen LogP contribution in [0, 0.1) is 6.92 Å². The molecule has 1 aliphatic heterocycles. The summed E-state index contributed by atoms with van der Waals surface area (Å²) in [5.41, 5.74) is 2.97. The lowest BCUT2D eigenvalue weighted by Gasteiger charge is -2.24. The Bertz CT molecular complexity index is 699. The van der Waals surface area contributed by atoms with E-state index in [1.807, 2.05) is 38.1 Å². The van der Waals surface area contributed by atoms with E-state index >= 15 is 0 Å². The zero-order valence-corrected chi connectivity index (χ0v) is 14.1. The van der Waals surface area contributed by atoms with Gasteiger partial charge in [0.15, 0.2) is 0 Å². The first-order valence-electron chi connectivity index (χ1n) is 7.42. The van der Waals surface area contributed by atoms with Crippen molar-refractivity contribution in [2.45, 2.75) is 37.6 Å². The highest BCUT2D eigenvalue weighted by Crippen LogP contribution is 2.30. The Morgan fingerprint density at radius 3 is 2.55 bits per heavy atom. The van der Waals surface area contributed by atoms with E-state index in [1.54, 1.807) is 16.4 Å². The second-order valence-electron chi connectivity index (χ2n) is 5.77. The molecule has 4 heteroatoms. The van der Waals surface area contributed by atoms with E-state index in [1.165, 1.54) is 0 Å². The van der Waals surface area contributed by atoms with Crippen molar-refractivity contribution < 1.29 is 8.42 Å². The second kappa shape index (κ2) is 6.63. The van der Waals surface area contributed by atoms with Gasteiger partial charge in [0.05, 0.1) is 4.90 Å². The van der Waals surface area contributed by atoms with Crippen LogP contribution in [0.25, 0.3) is 0 Å². The van der Waals surface area contributed by atoms with Crippen molar-refractivity contribution in [3.8, 4) is 0 Å². The molecule has 1 aromatic rings. The standard InChI is InChI=1S/C18H23NO2S/c1-5-6-7-17-12-16(14(2)3)13-19(17)22(20,21)18-10-8-15(4)9-11-18/h5,8-12,17H,1-2,6-7,13H2,3-4H3. The van der Waals surface area contributed by atoms with Gasteiger partial charge in [0, 0.05) is 12.6 Å². The number of allylic oxidation sites excluding steroid dienone is 1. The molecule has 0 aromatic heterocycles. The summed E-state index contributed by atoms with van der Waals surface area (Å²) in [5.74, 6) is 0. The quantitative estimate of drug-likeness (QED) is 0.748. The third-order valence-electron chi connectivity index (χ3n) is 3.93. The molecule has 0 saturated heterocycles. The van der Waals surface area contributed by atoms with E-state index in [2.05, 4.69) is 13.2 Å². The van der Waals surface area contributed by atoms with Crippen LogP contribution in [0.5, 0.6) is 0 Å². The molecule has 1 heterocycles. The fraction of sp³-hybridized carbons (Fsp3) is 0.333. The molecule has 0 radical (unpaired) electrons. The smallest absolute Gasteiger partial charge is 0.207 e. The lowest BCUT2D eigenvalue weighted by molar-refractivity contribution is 0.394. The van der Waals surface area contributed by atoms with Crippen LogP contribution in [-0.2, 0) is 10.0 Å². The van der Waals surface area contributed by atoms with E-state index in [0.717, 1.165) is 29.6 Å². The molecule has 1 unspecified atom stereocenters. The molecule has 1 atom stereocenters. The number of hydrogen-bond acceptors (Lipinski definition) is 2. The first kappa shape index (κ1) is 16.7. The maximum atomic E-state index is 12.9. The Kier molecular flexibility index (Phi) is 5.04. The molecule has 0 bridgehead atoms. The Morgan fingerprint density at radius 2 is 2.00 bits per heavy atom. The first-order valence-corrected chi connectivity index (χ1v) is 8.86. The van der Waals surface area contributed by atoms with E-state index < -0.39 is 10.0 Å². The molecule has 0 N–H and O–H groups in total. The van der Waals surface area contributed by atoms with Gasteiger partial charge in [-0.25, -0.2) is 8.42 Å². The van der Waals surface area contributed by atoms with Crippen molar-refractivity contribution >= 4 is 10.0 Å². The van der Waals surface area contributed by atoms with E-state index in [9.17, 15) is 8.42 Å². The summed E-state index contributed by atoms with van der Waals surface area (Å²) in [4.78, 5) is 0.345. The van der Waals surface area contributed by atoms with Crippen LogP contribution < -0.4 is 0 Å². The van der Waals surface area contributed by atoms with E-state index in [4.69, 9.17) is 0 Å². The molecule has 0 aliphatic carbocycles. The molecule has 22 heavy (non-hydrogen) atoms. The summed E-state index contributed by atoms with van der Waals surface area (Å²) in [5, 5.41) is 0. The SMILES string of the molecule is C=CCCC1C=C(C(=C)C)CN1S(=O)(=O)c1ccc(C)cc1. The lowest BCUT2D eigenvalue weighted by Crippen LogP contribution is -2.36. The van der Waals surface area contributed by atoms with Gasteiger partial charge in [0.1, 0.15) is 0 Å². The van der Waals surface area contributed by atoms with Gasteiger partial charge in [-0.1, -0.05) is 42.0 Å². The third-order valence-corrected chi connectivity index (χ3v) is 5.82. The molecule has 1 aromatic carbocycles. The van der Waals surface area contributed by atoms with Crippen molar-refractivity contribution in [1.82, 2.24) is 4.31 Å². The normalized spacial score (nSPS) is 19.0. The van der Waals surface area contributed by atoms with Gasteiger partial charge < -0.3 is 0 Å². The van der Waals surface area contributed by atoms with Crippen LogP contribution >= 0.6 is 0 Å². The van der Waals surface area contributed by atoms with E-state index in [0.29, 0.717) is 11.4 Å². The fourth-order valence-corrected chi connectivity index (χ4v) is 4.14. The average molecular weight is 317 g/mol. The summed E-state index contributed by atoms with van der Waals surface area (Å²) in [6.07, 6.45) is 5.37. The fourth-order valence-electron chi connectivity index (χ4n) is 2.56. The van der Waals surface area contributed by atoms with Crippen molar-refractivity contribution in [3.63, 3.8) is 0 Å². The molecule has 0 amide bonds. The van der Waals surface area contributed by atoms with Gasteiger partial charge in [-0.05, 0) is 44.4 Å². The molecule has 0 fully saturated rings. The third kappa shape index (κ3) is 3.39. The number of benzene rings is 1. The minimum Gasteiger partial charge on any atom is -0.207 e. The Morgan fingerprint density at radius 1 is 1.36 bits per heavy atom. The Labute approximate surface area is 133 Å². The number of nitrogens with zero attached hydrogens (tertiary/aromatic N) is 1. The van der Waals surface area contributed by atoms with E-state index in [-0.39, 0.29) is 6.04 Å². The summed E-state index contributed by atoms with van der Waals surface area (Å²) < 4.78 is 27.4. The maximum absolute atomic E-state index is 12.9. The average Bonchev–Trinajstić information content (AvgIpc) is 2.90. The summed E-state index contributed by atoms with van der Waals surface area (Å²) in [6.45, 7) is 11.9. The Hall–Kier alpha value is -1.65. The molecule has 2 rings (SSSR count). The minimum atomic E-state index is -3.50. The van der Waals surface area contributed by atoms with Crippen molar-refractivity contribution in [1.29, 1.82) is 0 Å². The Balaban J connectivity index is 2.34. The molecular weight excluding hydrogens is 294 g/mol. The van der Waals surface area contributed by atoms with Gasteiger partial charge in [0.25, 0.3) is 0 Å². The minimum absolute atomic E-state index is 0.129. The zero-order valence-electron chi connectivity index (χ0n) is 13.2. The number of aryl methyl sites for hydroxylation is 1. The lowest BCUT2D eigenvalue weighted by atomic mass is 10.1. The number of hydrogen-bond donors (Lipinski definition) is 0. The van der Waals surface area contributed by atoms with Crippen LogP contribution in [-0.4, -0.2) is 25.3 Å². The molecule has 0 saturated carbocycles. The molecule has 0 spiro atoms. The van der Waals surface area contributed by atoms with Gasteiger partial charge in [-0.3, -0.25) is 0 Å². The number of sulfonamides is 1. The molecular formula is C18H23NO2S. The van der Waals surface area contributed by atoms with Crippen LogP contribution in [0.2, 0.25) is 0 Å². The monoisotopic (exact) mass is 317 g/mol. The van der Waals surface area contributed by atoms with Gasteiger partial charge in [0.2, 0.25) is 10.0 Å².